The lowest BCUT2D eigenvalue weighted by atomic mass is 9.94. The molecule has 2 unspecified atom stereocenters. The van der Waals surface area contributed by atoms with Gasteiger partial charge in [-0.1, -0.05) is 49.6 Å². The predicted molar refractivity (Wildman–Crippen MR) is 95.6 cm³/mol. The minimum atomic E-state index is -1.03. The molecule has 3 rings (SSSR count). The minimum absolute atomic E-state index is 0.0681. The van der Waals surface area contributed by atoms with Crippen molar-refractivity contribution in [3.8, 4) is 0 Å². The zero-order chi connectivity index (χ0) is 17.0. The third-order valence-corrected chi connectivity index (χ3v) is 5.68. The lowest BCUT2D eigenvalue weighted by Crippen LogP contribution is -2.42. The van der Waals surface area contributed by atoms with Crippen LogP contribution in [0.2, 0.25) is 0 Å². The largest absolute Gasteiger partial charge is 0.384 e. The molecule has 1 saturated heterocycles. The molecule has 2 aliphatic rings. The van der Waals surface area contributed by atoms with Crippen molar-refractivity contribution in [2.24, 2.45) is 5.92 Å². The average molecular weight is 330 g/mol. The molecular formula is C20H30N2O2. The third-order valence-electron chi connectivity index (χ3n) is 5.68. The lowest BCUT2D eigenvalue weighted by Gasteiger charge is -2.31. The molecule has 0 spiro atoms. The monoisotopic (exact) mass is 330 g/mol. The van der Waals surface area contributed by atoms with Crippen LogP contribution in [0, 0.1) is 5.92 Å². The van der Waals surface area contributed by atoms with Crippen molar-refractivity contribution in [1.82, 2.24) is 10.2 Å². The molecule has 1 aromatic rings. The fourth-order valence-corrected chi connectivity index (χ4v) is 4.08. The highest BCUT2D eigenvalue weighted by Crippen LogP contribution is 2.28. The summed E-state index contributed by atoms with van der Waals surface area (Å²) in [6.07, 6.45) is 7.54. The molecule has 1 aliphatic heterocycles. The highest BCUT2D eigenvalue weighted by molar-refractivity contribution is 5.79. The van der Waals surface area contributed by atoms with E-state index in [-0.39, 0.29) is 18.4 Å². The van der Waals surface area contributed by atoms with Gasteiger partial charge >= 0.3 is 0 Å². The molecule has 132 valence electrons. The zero-order valence-electron chi connectivity index (χ0n) is 14.7. The Morgan fingerprint density at radius 1 is 1.21 bits per heavy atom. The number of nitrogens with one attached hydrogen (secondary N) is 1. The van der Waals surface area contributed by atoms with E-state index in [1.54, 1.807) is 6.92 Å². The van der Waals surface area contributed by atoms with E-state index in [9.17, 15) is 9.90 Å². The molecule has 4 heteroatoms. The summed E-state index contributed by atoms with van der Waals surface area (Å²) in [5.41, 5.74) is -0.195. The molecule has 1 aliphatic carbocycles. The maximum Gasteiger partial charge on any atom is 0.224 e. The minimum Gasteiger partial charge on any atom is -0.384 e. The number of carbonyl (C=O) groups excluding carboxylic acids is 1. The van der Waals surface area contributed by atoms with Crippen molar-refractivity contribution in [2.75, 3.05) is 19.6 Å². The number of nitrogens with zero attached hydrogens (tertiary/aromatic N) is 1. The normalized spacial score (nSPS) is 25.3. The first-order valence-corrected chi connectivity index (χ1v) is 9.36. The van der Waals surface area contributed by atoms with E-state index in [1.165, 1.54) is 32.1 Å². The van der Waals surface area contributed by atoms with Crippen LogP contribution in [0.15, 0.2) is 30.3 Å². The number of likely N-dealkylation sites (tertiary alicyclic amines) is 1. The van der Waals surface area contributed by atoms with E-state index < -0.39 is 5.60 Å². The predicted octanol–water partition coefficient (Wildman–Crippen LogP) is 2.66. The molecule has 4 nitrogen and oxygen atoms in total. The number of amides is 1. The van der Waals surface area contributed by atoms with Crippen LogP contribution in [0.1, 0.15) is 51.0 Å². The number of aliphatic hydroxyl groups is 1. The van der Waals surface area contributed by atoms with E-state index in [4.69, 9.17) is 0 Å². The van der Waals surface area contributed by atoms with Crippen molar-refractivity contribution in [1.29, 1.82) is 0 Å². The van der Waals surface area contributed by atoms with E-state index >= 15 is 0 Å². The lowest BCUT2D eigenvalue weighted by molar-refractivity contribution is -0.125. The summed E-state index contributed by atoms with van der Waals surface area (Å²) < 4.78 is 0. The zero-order valence-corrected chi connectivity index (χ0v) is 14.7. The molecule has 24 heavy (non-hydrogen) atoms. The Kier molecular flexibility index (Phi) is 5.57. The van der Waals surface area contributed by atoms with E-state index in [0.29, 0.717) is 6.04 Å². The van der Waals surface area contributed by atoms with Gasteiger partial charge in [0.2, 0.25) is 5.91 Å². The van der Waals surface area contributed by atoms with Crippen molar-refractivity contribution in [2.45, 2.75) is 57.1 Å². The van der Waals surface area contributed by atoms with Gasteiger partial charge in [-0.3, -0.25) is 9.69 Å². The topological polar surface area (TPSA) is 52.6 Å². The van der Waals surface area contributed by atoms with Gasteiger partial charge in [0.25, 0.3) is 0 Å². The van der Waals surface area contributed by atoms with Gasteiger partial charge < -0.3 is 10.4 Å². The van der Waals surface area contributed by atoms with E-state index in [1.807, 2.05) is 30.3 Å². The van der Waals surface area contributed by atoms with Gasteiger partial charge in [0.15, 0.2) is 0 Å². The number of rotatable bonds is 5. The SMILES string of the molecule is CC(O)(CNC(=O)C1CCN(C2CCCCC2)C1)c1ccccc1. The van der Waals surface area contributed by atoms with Crippen LogP contribution in [-0.2, 0) is 10.4 Å². The summed E-state index contributed by atoms with van der Waals surface area (Å²) in [6.45, 7) is 3.93. The molecule has 2 atom stereocenters. The number of hydrogen-bond acceptors (Lipinski definition) is 3. The second-order valence-corrected chi connectivity index (χ2v) is 7.63. The first kappa shape index (κ1) is 17.4. The average Bonchev–Trinajstić information content (AvgIpc) is 3.11. The summed E-state index contributed by atoms with van der Waals surface area (Å²) in [4.78, 5) is 15.0. The molecule has 1 amide bonds. The quantitative estimate of drug-likeness (QED) is 0.873. The van der Waals surface area contributed by atoms with Gasteiger partial charge in [-0.2, -0.15) is 0 Å². The number of carbonyl (C=O) groups is 1. The summed E-state index contributed by atoms with van der Waals surface area (Å²) in [5.74, 6) is 0.156. The van der Waals surface area contributed by atoms with Crippen LogP contribution in [0.5, 0.6) is 0 Å². The second kappa shape index (κ2) is 7.66. The Morgan fingerprint density at radius 3 is 2.62 bits per heavy atom. The van der Waals surface area contributed by atoms with Gasteiger partial charge in [-0.15, -0.1) is 0 Å². The van der Waals surface area contributed by atoms with Crippen LogP contribution in [-0.4, -0.2) is 41.6 Å². The summed E-state index contributed by atoms with van der Waals surface area (Å²) >= 11 is 0. The van der Waals surface area contributed by atoms with Crippen molar-refractivity contribution >= 4 is 5.91 Å². The molecule has 1 saturated carbocycles. The van der Waals surface area contributed by atoms with Gasteiger partial charge in [0, 0.05) is 12.6 Å². The maximum absolute atomic E-state index is 12.5. The summed E-state index contributed by atoms with van der Waals surface area (Å²) in [5, 5.41) is 13.6. The molecule has 2 N–H and O–H groups in total. The Labute approximate surface area is 145 Å². The molecule has 0 radical (unpaired) electrons. The van der Waals surface area contributed by atoms with Crippen molar-refractivity contribution in [3.63, 3.8) is 0 Å². The van der Waals surface area contributed by atoms with Crippen LogP contribution in [0.4, 0.5) is 0 Å². The fraction of sp³-hybridized carbons (Fsp3) is 0.650. The second-order valence-electron chi connectivity index (χ2n) is 7.63. The first-order chi connectivity index (χ1) is 11.6. The Bertz CT molecular complexity index is 538. The first-order valence-electron chi connectivity index (χ1n) is 9.36. The molecule has 1 aromatic carbocycles. The molecule has 1 heterocycles. The Morgan fingerprint density at radius 2 is 1.92 bits per heavy atom. The molecule has 0 bridgehead atoms. The van der Waals surface area contributed by atoms with Crippen molar-refractivity contribution in [3.05, 3.63) is 35.9 Å². The maximum atomic E-state index is 12.5. The summed E-state index contributed by atoms with van der Waals surface area (Å²) in [6, 6.07) is 10.2. The van der Waals surface area contributed by atoms with Crippen molar-refractivity contribution < 1.29 is 9.90 Å². The third kappa shape index (κ3) is 4.17. The highest BCUT2D eigenvalue weighted by atomic mass is 16.3. The number of benzene rings is 1. The molecule has 0 aromatic heterocycles. The highest BCUT2D eigenvalue weighted by Gasteiger charge is 2.33. The standard InChI is InChI=1S/C20H30N2O2/c1-20(24,17-8-4-2-5-9-17)15-21-19(23)16-12-13-22(14-16)18-10-6-3-7-11-18/h2,4-5,8-9,16,18,24H,3,6-7,10-15H2,1H3,(H,21,23). The van der Waals surface area contributed by atoms with E-state index in [2.05, 4.69) is 10.2 Å². The number of hydrogen-bond donors (Lipinski definition) is 2. The molecule has 2 fully saturated rings. The van der Waals surface area contributed by atoms with Gasteiger partial charge in [0.1, 0.15) is 5.60 Å². The van der Waals surface area contributed by atoms with Gasteiger partial charge in [-0.25, -0.2) is 0 Å². The van der Waals surface area contributed by atoms with Crippen LogP contribution < -0.4 is 5.32 Å². The van der Waals surface area contributed by atoms with Crippen LogP contribution in [0.25, 0.3) is 0 Å². The summed E-state index contributed by atoms with van der Waals surface area (Å²) in [7, 11) is 0. The fourth-order valence-electron chi connectivity index (χ4n) is 4.08. The molecular weight excluding hydrogens is 300 g/mol. The van der Waals surface area contributed by atoms with Crippen LogP contribution >= 0.6 is 0 Å². The van der Waals surface area contributed by atoms with Gasteiger partial charge in [0.05, 0.1) is 12.5 Å². The smallest absolute Gasteiger partial charge is 0.224 e. The van der Waals surface area contributed by atoms with Crippen LogP contribution in [0.3, 0.4) is 0 Å². The van der Waals surface area contributed by atoms with Gasteiger partial charge in [-0.05, 0) is 38.3 Å². The Balaban J connectivity index is 1.49. The van der Waals surface area contributed by atoms with E-state index in [0.717, 1.165) is 25.1 Å². The Hall–Kier alpha value is -1.39.